The fourth-order valence-corrected chi connectivity index (χ4v) is 5.37. The Labute approximate surface area is 185 Å². The van der Waals surface area contributed by atoms with E-state index in [1.807, 2.05) is 6.07 Å². The van der Waals surface area contributed by atoms with Crippen molar-refractivity contribution in [2.24, 2.45) is 0 Å². The van der Waals surface area contributed by atoms with Gasteiger partial charge in [0.05, 0.1) is 5.75 Å². The van der Waals surface area contributed by atoms with E-state index in [1.165, 1.54) is 11.8 Å². The van der Waals surface area contributed by atoms with Gasteiger partial charge in [-0.2, -0.15) is 0 Å². The van der Waals surface area contributed by atoms with Crippen molar-refractivity contribution in [3.05, 3.63) is 41.6 Å². The highest BCUT2D eigenvalue weighted by atomic mass is 32.2. The zero-order chi connectivity index (χ0) is 22.8. The summed E-state index contributed by atoms with van der Waals surface area (Å²) in [6.45, 7) is 0.827. The summed E-state index contributed by atoms with van der Waals surface area (Å²) in [5, 5.41) is 20.5. The van der Waals surface area contributed by atoms with Gasteiger partial charge >= 0.3 is 17.9 Å². The number of carboxylic acid groups (broad SMARTS) is 2. The lowest BCUT2D eigenvalue weighted by molar-refractivity contribution is -0.172. The minimum absolute atomic E-state index is 0.0209. The van der Waals surface area contributed by atoms with Crippen LogP contribution in [0.25, 0.3) is 0 Å². The van der Waals surface area contributed by atoms with E-state index in [9.17, 15) is 34.2 Å². The molecule has 1 aromatic rings. The van der Waals surface area contributed by atoms with Gasteiger partial charge in [-0.3, -0.25) is 19.3 Å². The second-order valence-electron chi connectivity index (χ2n) is 6.64. The number of β-lactam (4-membered cyclic amide) rings is 1. The van der Waals surface area contributed by atoms with Crippen molar-refractivity contribution in [1.29, 1.82) is 0 Å². The van der Waals surface area contributed by atoms with Crippen molar-refractivity contribution >= 4 is 53.2 Å². The van der Waals surface area contributed by atoms with E-state index in [2.05, 4.69) is 5.32 Å². The van der Waals surface area contributed by atoms with Crippen LogP contribution in [0.5, 0.6) is 0 Å². The van der Waals surface area contributed by atoms with Gasteiger partial charge in [0.2, 0.25) is 11.4 Å². The van der Waals surface area contributed by atoms with Gasteiger partial charge in [-0.25, -0.2) is 9.59 Å². The summed E-state index contributed by atoms with van der Waals surface area (Å²) in [5.74, 6) is -5.48. The van der Waals surface area contributed by atoms with Crippen LogP contribution in [0.2, 0.25) is 0 Å². The molecule has 2 aliphatic heterocycles. The van der Waals surface area contributed by atoms with Crippen LogP contribution >= 0.6 is 23.5 Å². The Morgan fingerprint density at radius 3 is 2.52 bits per heavy atom. The summed E-state index contributed by atoms with van der Waals surface area (Å²) in [6, 6.07) is 8.96. The number of ether oxygens (including phenoxy) is 1. The fraction of sp³-hybridized carbons (Fsp3) is 0.316. The molecule has 0 aliphatic carbocycles. The van der Waals surface area contributed by atoms with Crippen LogP contribution < -0.4 is 5.32 Å². The molecule has 31 heavy (non-hydrogen) atoms. The maximum absolute atomic E-state index is 12.9. The number of esters is 1. The van der Waals surface area contributed by atoms with E-state index >= 15 is 0 Å². The number of carboxylic acids is 2. The second-order valence-corrected chi connectivity index (χ2v) is 8.76. The molecule has 10 nitrogen and oxygen atoms in total. The molecule has 1 aromatic carbocycles. The Hall–Kier alpha value is -2.99. The molecule has 0 radical (unpaired) electrons. The van der Waals surface area contributed by atoms with E-state index in [1.54, 1.807) is 24.3 Å². The largest absolute Gasteiger partial charge is 0.479 e. The number of aliphatic carboxylic acids is 2. The molecule has 3 rings (SSSR count). The molecule has 164 valence electrons. The van der Waals surface area contributed by atoms with E-state index in [0.717, 1.165) is 28.5 Å². The maximum atomic E-state index is 12.9. The molecule has 1 saturated heterocycles. The van der Waals surface area contributed by atoms with Crippen LogP contribution in [-0.4, -0.2) is 73.9 Å². The summed E-state index contributed by atoms with van der Waals surface area (Å²) < 4.78 is 4.84. The third kappa shape index (κ3) is 4.26. The molecule has 0 saturated carbocycles. The summed E-state index contributed by atoms with van der Waals surface area (Å²) in [7, 11) is 0. The normalized spacial score (nSPS) is 22.3. The number of amides is 2. The lowest BCUT2D eigenvalue weighted by atomic mass is 9.86. The van der Waals surface area contributed by atoms with Crippen LogP contribution in [0.3, 0.4) is 0 Å². The lowest BCUT2D eigenvalue weighted by Gasteiger charge is -2.54. The van der Waals surface area contributed by atoms with Gasteiger partial charge in [-0.05, 0) is 12.1 Å². The number of carbonyl (C=O) groups is 5. The Bertz CT molecular complexity index is 980. The van der Waals surface area contributed by atoms with Crippen molar-refractivity contribution in [1.82, 2.24) is 10.2 Å². The fourth-order valence-electron chi connectivity index (χ4n) is 3.21. The van der Waals surface area contributed by atoms with Gasteiger partial charge in [-0.15, -0.1) is 23.5 Å². The predicted molar refractivity (Wildman–Crippen MR) is 110 cm³/mol. The Morgan fingerprint density at radius 2 is 1.94 bits per heavy atom. The highest BCUT2D eigenvalue weighted by Gasteiger charge is 2.70. The first-order valence-corrected chi connectivity index (χ1v) is 11.0. The molecular weight excluding hydrogens is 448 g/mol. The van der Waals surface area contributed by atoms with Gasteiger partial charge in [0.15, 0.2) is 0 Å². The monoisotopic (exact) mass is 466 g/mol. The first-order valence-electron chi connectivity index (χ1n) is 8.94. The number of hydrogen-bond acceptors (Lipinski definition) is 8. The standard InChI is InChI=1S/C19H18N2O8S2/c1-10(22)29-7-11-8-31-17-19(18(27)28,16(26)21(17)14(11)15(24)25)20-13(23)9-30-12-5-3-2-4-6-12/h2-6,17H,7-9H2,1H3,(H,20,23)(H,24,25)(H,27,28)/t17-,19-/m1/s1. The maximum Gasteiger partial charge on any atom is 0.352 e. The van der Waals surface area contributed by atoms with Crippen LogP contribution in [0.15, 0.2) is 46.5 Å². The lowest BCUT2D eigenvalue weighted by Crippen LogP contribution is -2.83. The molecule has 1 fully saturated rings. The van der Waals surface area contributed by atoms with E-state index in [-0.39, 0.29) is 23.7 Å². The van der Waals surface area contributed by atoms with Gasteiger partial charge in [0.25, 0.3) is 5.91 Å². The molecule has 0 aromatic heterocycles. The first-order chi connectivity index (χ1) is 14.7. The number of rotatable bonds is 8. The highest BCUT2D eigenvalue weighted by Crippen LogP contribution is 2.46. The molecular formula is C19H18N2O8S2. The SMILES string of the molecule is CC(=O)OCC1=C(C(=O)O)N2C(=O)[C@](NC(=O)CSc3ccccc3)(C(=O)O)[C@H]2SC1. The molecule has 12 heteroatoms. The van der Waals surface area contributed by atoms with Crippen molar-refractivity contribution in [2.45, 2.75) is 22.7 Å². The van der Waals surface area contributed by atoms with Crippen LogP contribution in [0, 0.1) is 0 Å². The minimum atomic E-state index is -2.27. The van der Waals surface area contributed by atoms with Gasteiger partial charge in [-0.1, -0.05) is 18.2 Å². The molecule has 0 unspecified atom stereocenters. The number of nitrogens with zero attached hydrogens (tertiary/aromatic N) is 1. The summed E-state index contributed by atoms with van der Waals surface area (Å²) in [4.78, 5) is 61.8. The van der Waals surface area contributed by atoms with E-state index in [0.29, 0.717) is 0 Å². The number of hydrogen-bond donors (Lipinski definition) is 3. The minimum Gasteiger partial charge on any atom is -0.479 e. The number of thioether (sulfide) groups is 2. The molecule has 0 bridgehead atoms. The van der Waals surface area contributed by atoms with Crippen molar-refractivity contribution in [3.63, 3.8) is 0 Å². The molecule has 3 N–H and O–H groups in total. The Balaban J connectivity index is 1.80. The third-order valence-corrected chi connectivity index (χ3v) is 7.00. The van der Waals surface area contributed by atoms with Crippen molar-refractivity contribution < 1.29 is 38.9 Å². The van der Waals surface area contributed by atoms with Gasteiger partial charge in [0, 0.05) is 23.1 Å². The zero-order valence-corrected chi connectivity index (χ0v) is 17.8. The number of fused-ring (bicyclic) bond motifs is 1. The number of nitrogens with one attached hydrogen (secondary N) is 1. The smallest absolute Gasteiger partial charge is 0.352 e. The molecule has 2 heterocycles. The quantitative estimate of drug-likeness (QED) is 0.214. The van der Waals surface area contributed by atoms with Crippen LogP contribution in [0.1, 0.15) is 6.92 Å². The Morgan fingerprint density at radius 1 is 1.26 bits per heavy atom. The topological polar surface area (TPSA) is 150 Å². The molecule has 2 atom stereocenters. The summed E-state index contributed by atoms with van der Waals surface area (Å²) >= 11 is 2.15. The van der Waals surface area contributed by atoms with E-state index < -0.39 is 46.3 Å². The molecule has 2 amide bonds. The number of carbonyl (C=O) groups excluding carboxylic acids is 3. The Kier molecular flexibility index (Phi) is 6.60. The predicted octanol–water partition coefficient (Wildman–Crippen LogP) is 0.535. The molecule has 0 spiro atoms. The summed E-state index contributed by atoms with van der Waals surface area (Å²) in [6.07, 6.45) is 0. The first kappa shape index (κ1) is 22.7. The average molecular weight is 466 g/mol. The van der Waals surface area contributed by atoms with E-state index in [4.69, 9.17) is 4.74 Å². The highest BCUT2D eigenvalue weighted by molar-refractivity contribution is 8.00. The summed E-state index contributed by atoms with van der Waals surface area (Å²) in [5.41, 5.74) is -2.53. The zero-order valence-electron chi connectivity index (χ0n) is 16.2. The average Bonchev–Trinajstić information content (AvgIpc) is 2.73. The van der Waals surface area contributed by atoms with Gasteiger partial charge < -0.3 is 20.3 Å². The van der Waals surface area contributed by atoms with Gasteiger partial charge in [0.1, 0.15) is 17.7 Å². The van der Waals surface area contributed by atoms with Crippen molar-refractivity contribution in [3.8, 4) is 0 Å². The second kappa shape index (κ2) is 9.02. The number of benzene rings is 1. The third-order valence-electron chi connectivity index (χ3n) is 4.59. The van der Waals surface area contributed by atoms with Crippen LogP contribution in [-0.2, 0) is 28.7 Å². The molecule has 2 aliphatic rings. The van der Waals surface area contributed by atoms with Crippen molar-refractivity contribution in [2.75, 3.05) is 18.1 Å². The van der Waals surface area contributed by atoms with Crippen LogP contribution in [0.4, 0.5) is 0 Å².